The number of allylic oxidation sites excluding steroid dienone is 3. The van der Waals surface area contributed by atoms with E-state index in [-0.39, 0.29) is 26.1 Å². The topological polar surface area (TPSA) is 52.6 Å². The summed E-state index contributed by atoms with van der Waals surface area (Å²) in [5.74, 6) is -1.08. The van der Waals surface area contributed by atoms with E-state index in [1.165, 1.54) is 0 Å². The van der Waals surface area contributed by atoms with Gasteiger partial charge in [0.25, 0.3) is 0 Å². The molecule has 0 amide bonds. The molecule has 0 aromatic rings. The number of esters is 2. The maximum Gasteiger partial charge on any atom is 0.324 e. The van der Waals surface area contributed by atoms with E-state index in [4.69, 9.17) is 9.47 Å². The van der Waals surface area contributed by atoms with Crippen LogP contribution in [-0.2, 0) is 19.1 Å². The maximum absolute atomic E-state index is 12.2. The quantitative estimate of drug-likeness (QED) is 0.350. The third-order valence-electron chi connectivity index (χ3n) is 2.91. The Labute approximate surface area is 121 Å². The molecule has 0 aromatic heterocycles. The van der Waals surface area contributed by atoms with E-state index in [0.29, 0.717) is 0 Å². The molecule has 0 bridgehead atoms. The highest BCUT2D eigenvalue weighted by atomic mass is 16.6. The van der Waals surface area contributed by atoms with E-state index in [9.17, 15) is 9.59 Å². The molecule has 0 saturated heterocycles. The van der Waals surface area contributed by atoms with E-state index in [2.05, 4.69) is 13.5 Å². The lowest BCUT2D eigenvalue weighted by atomic mass is 9.80. The number of hydrogen-bond acceptors (Lipinski definition) is 4. The smallest absolute Gasteiger partial charge is 0.324 e. The van der Waals surface area contributed by atoms with Crippen molar-refractivity contribution in [2.75, 3.05) is 13.2 Å². The van der Waals surface area contributed by atoms with Crippen molar-refractivity contribution in [2.24, 2.45) is 5.41 Å². The molecule has 0 atom stereocenters. The fourth-order valence-electron chi connectivity index (χ4n) is 1.85. The molecule has 20 heavy (non-hydrogen) atoms. The van der Waals surface area contributed by atoms with Gasteiger partial charge in [0.05, 0.1) is 13.2 Å². The van der Waals surface area contributed by atoms with Gasteiger partial charge in [-0.1, -0.05) is 31.6 Å². The predicted molar refractivity (Wildman–Crippen MR) is 79.2 cm³/mol. The summed E-state index contributed by atoms with van der Waals surface area (Å²) in [7, 11) is 0. The molecule has 0 N–H and O–H groups in total. The second-order valence-electron chi connectivity index (χ2n) is 4.48. The van der Waals surface area contributed by atoms with Crippen LogP contribution in [0.25, 0.3) is 0 Å². The van der Waals surface area contributed by atoms with Crippen molar-refractivity contribution in [3.8, 4) is 0 Å². The first-order valence-electron chi connectivity index (χ1n) is 7.19. The molecule has 0 aliphatic carbocycles. The summed E-state index contributed by atoms with van der Waals surface area (Å²) < 4.78 is 10.1. The largest absolute Gasteiger partial charge is 0.465 e. The summed E-state index contributed by atoms with van der Waals surface area (Å²) in [4.78, 5) is 24.5. The zero-order valence-corrected chi connectivity index (χ0v) is 12.8. The van der Waals surface area contributed by atoms with Crippen molar-refractivity contribution in [1.29, 1.82) is 0 Å². The third-order valence-corrected chi connectivity index (χ3v) is 2.91. The Morgan fingerprint density at radius 1 is 1.00 bits per heavy atom. The fraction of sp³-hybridized carbons (Fsp3) is 0.625. The number of rotatable bonds is 10. The lowest BCUT2D eigenvalue weighted by Crippen LogP contribution is -2.41. The van der Waals surface area contributed by atoms with E-state index in [1.807, 2.05) is 12.2 Å². The first-order chi connectivity index (χ1) is 9.58. The van der Waals surface area contributed by atoms with Crippen LogP contribution < -0.4 is 0 Å². The van der Waals surface area contributed by atoms with E-state index >= 15 is 0 Å². The molecule has 0 aromatic carbocycles. The molecule has 0 saturated carbocycles. The highest BCUT2D eigenvalue weighted by molar-refractivity contribution is 6.00. The molecule has 0 fully saturated rings. The minimum Gasteiger partial charge on any atom is -0.465 e. The molecular weight excluding hydrogens is 256 g/mol. The van der Waals surface area contributed by atoms with Crippen LogP contribution >= 0.6 is 0 Å². The van der Waals surface area contributed by atoms with Crippen LogP contribution in [0.5, 0.6) is 0 Å². The number of unbranched alkanes of at least 4 members (excludes halogenated alkanes) is 1. The maximum atomic E-state index is 12.2. The van der Waals surface area contributed by atoms with Gasteiger partial charge in [-0.25, -0.2) is 0 Å². The third kappa shape index (κ3) is 5.19. The molecule has 4 nitrogen and oxygen atoms in total. The summed E-state index contributed by atoms with van der Waals surface area (Å²) in [5, 5.41) is 0. The van der Waals surface area contributed by atoms with Crippen LogP contribution in [0.3, 0.4) is 0 Å². The summed E-state index contributed by atoms with van der Waals surface area (Å²) in [6.45, 7) is 9.60. The summed E-state index contributed by atoms with van der Waals surface area (Å²) in [6, 6.07) is 0. The van der Waals surface area contributed by atoms with Crippen LogP contribution in [0, 0.1) is 5.41 Å². The van der Waals surface area contributed by atoms with E-state index in [1.54, 1.807) is 19.9 Å². The first kappa shape index (κ1) is 18.4. The Morgan fingerprint density at radius 2 is 1.55 bits per heavy atom. The number of carbonyl (C=O) groups is 2. The number of carbonyl (C=O) groups excluding carboxylic acids is 2. The van der Waals surface area contributed by atoms with Gasteiger partial charge in [0.2, 0.25) is 0 Å². The minimum atomic E-state index is -1.31. The summed E-state index contributed by atoms with van der Waals surface area (Å²) in [5.41, 5.74) is -1.31. The van der Waals surface area contributed by atoms with Gasteiger partial charge in [0.1, 0.15) is 0 Å². The molecule has 0 radical (unpaired) electrons. The monoisotopic (exact) mass is 282 g/mol. The van der Waals surface area contributed by atoms with Crippen molar-refractivity contribution >= 4 is 11.9 Å². The lowest BCUT2D eigenvalue weighted by molar-refractivity contribution is -0.171. The number of ether oxygens (including phenoxy) is 2. The van der Waals surface area contributed by atoms with Crippen molar-refractivity contribution in [2.45, 2.75) is 46.5 Å². The van der Waals surface area contributed by atoms with Crippen molar-refractivity contribution in [1.82, 2.24) is 0 Å². The van der Waals surface area contributed by atoms with Gasteiger partial charge in [-0.05, 0) is 33.1 Å². The van der Waals surface area contributed by atoms with Gasteiger partial charge in [-0.2, -0.15) is 0 Å². The first-order valence-corrected chi connectivity index (χ1v) is 7.19. The van der Waals surface area contributed by atoms with Gasteiger partial charge in [0, 0.05) is 0 Å². The second kappa shape index (κ2) is 10.2. The molecule has 0 aliphatic heterocycles. The normalized spacial score (nSPS) is 11.3. The standard InChI is InChI=1S/C16H26O4/c1-5-9-10-11-13-16(12-6-2,14(17)19-7-3)15(18)20-8-4/h6,10-11H,2,5,7-9,12-13H2,1,3-4H3/b11-10+. The van der Waals surface area contributed by atoms with Gasteiger partial charge in [-0.3, -0.25) is 9.59 Å². The Balaban J connectivity index is 5.25. The van der Waals surface area contributed by atoms with Crippen LogP contribution in [0.1, 0.15) is 46.5 Å². The van der Waals surface area contributed by atoms with E-state index < -0.39 is 17.4 Å². The molecule has 114 valence electrons. The zero-order chi connectivity index (χ0) is 15.4. The fourth-order valence-corrected chi connectivity index (χ4v) is 1.85. The lowest BCUT2D eigenvalue weighted by Gasteiger charge is -2.26. The van der Waals surface area contributed by atoms with Crippen LogP contribution in [0.4, 0.5) is 0 Å². The van der Waals surface area contributed by atoms with Crippen LogP contribution in [-0.4, -0.2) is 25.2 Å². The Morgan fingerprint density at radius 3 is 1.95 bits per heavy atom. The van der Waals surface area contributed by atoms with E-state index in [0.717, 1.165) is 12.8 Å². The van der Waals surface area contributed by atoms with Gasteiger partial charge in [0.15, 0.2) is 5.41 Å². The molecule has 0 heterocycles. The van der Waals surface area contributed by atoms with Crippen LogP contribution in [0.15, 0.2) is 24.8 Å². The van der Waals surface area contributed by atoms with Crippen molar-refractivity contribution in [3.05, 3.63) is 24.8 Å². The predicted octanol–water partition coefficient (Wildman–Crippen LogP) is 3.42. The van der Waals surface area contributed by atoms with Gasteiger partial charge < -0.3 is 9.47 Å². The summed E-state index contributed by atoms with van der Waals surface area (Å²) >= 11 is 0. The minimum absolute atomic E-state index is 0.209. The molecular formula is C16H26O4. The average molecular weight is 282 g/mol. The molecule has 0 spiro atoms. The van der Waals surface area contributed by atoms with Crippen LogP contribution in [0.2, 0.25) is 0 Å². The Kier molecular flexibility index (Phi) is 9.43. The molecule has 0 unspecified atom stereocenters. The second-order valence-corrected chi connectivity index (χ2v) is 4.48. The van der Waals surface area contributed by atoms with Gasteiger partial charge >= 0.3 is 11.9 Å². The molecule has 0 aliphatic rings. The molecule has 4 heteroatoms. The Bertz CT molecular complexity index is 326. The van der Waals surface area contributed by atoms with Gasteiger partial charge in [-0.15, -0.1) is 6.58 Å². The number of hydrogen-bond donors (Lipinski definition) is 0. The highest BCUT2D eigenvalue weighted by Crippen LogP contribution is 2.32. The van der Waals surface area contributed by atoms with Crippen molar-refractivity contribution < 1.29 is 19.1 Å². The van der Waals surface area contributed by atoms with Crippen molar-refractivity contribution in [3.63, 3.8) is 0 Å². The summed E-state index contributed by atoms with van der Waals surface area (Å²) in [6.07, 6.45) is 7.79. The molecule has 0 rings (SSSR count). The average Bonchev–Trinajstić information content (AvgIpc) is 2.42. The highest BCUT2D eigenvalue weighted by Gasteiger charge is 2.46. The zero-order valence-electron chi connectivity index (χ0n) is 12.8. The SMILES string of the molecule is C=CCC(C/C=C/CCC)(C(=O)OCC)C(=O)OCC. The Hall–Kier alpha value is -1.58.